The van der Waals surface area contributed by atoms with Gasteiger partial charge >= 0.3 is 6.18 Å². The molecule has 3 aromatic rings. The summed E-state index contributed by atoms with van der Waals surface area (Å²) in [6.07, 6.45) is -1.48. The van der Waals surface area contributed by atoms with E-state index in [0.29, 0.717) is 42.4 Å². The van der Waals surface area contributed by atoms with Crippen molar-refractivity contribution in [1.29, 1.82) is 0 Å². The van der Waals surface area contributed by atoms with Crippen molar-refractivity contribution in [2.45, 2.75) is 63.0 Å². The van der Waals surface area contributed by atoms with E-state index in [1.807, 2.05) is 13.0 Å². The normalized spacial score (nSPS) is 21.5. The molecule has 0 radical (unpaired) electrons. The van der Waals surface area contributed by atoms with Crippen LogP contribution in [0.25, 0.3) is 0 Å². The summed E-state index contributed by atoms with van der Waals surface area (Å²) in [6.45, 7) is 3.38. The topological polar surface area (TPSA) is 137 Å². The number of amides is 1. The van der Waals surface area contributed by atoms with E-state index in [1.54, 1.807) is 31.3 Å². The molecule has 10 nitrogen and oxygen atoms in total. The number of fused-ring (bicyclic) bond motifs is 1. The van der Waals surface area contributed by atoms with Crippen LogP contribution in [0.5, 0.6) is 5.75 Å². The van der Waals surface area contributed by atoms with E-state index >= 15 is 0 Å². The maximum Gasteiger partial charge on any atom is 0.421 e. The molecule has 44 heavy (non-hydrogen) atoms. The first-order chi connectivity index (χ1) is 20.5. The van der Waals surface area contributed by atoms with Crippen molar-refractivity contribution in [1.82, 2.24) is 14.9 Å². The zero-order valence-electron chi connectivity index (χ0n) is 24.8. The van der Waals surface area contributed by atoms with Gasteiger partial charge in [-0.3, -0.25) is 9.36 Å². The summed E-state index contributed by atoms with van der Waals surface area (Å²) in [4.78, 5) is 32.5. The molecule has 1 atom stereocenters. The third kappa shape index (κ3) is 6.85. The van der Waals surface area contributed by atoms with Gasteiger partial charge in [0.1, 0.15) is 17.1 Å². The Morgan fingerprint density at radius 3 is 2.48 bits per heavy atom. The summed E-state index contributed by atoms with van der Waals surface area (Å²) in [6, 6.07) is 8.17. The molecule has 1 aliphatic carbocycles. The highest BCUT2D eigenvalue weighted by Gasteiger charge is 2.38. The van der Waals surface area contributed by atoms with Gasteiger partial charge in [0.05, 0.1) is 29.6 Å². The fourth-order valence-corrected chi connectivity index (χ4v) is 6.76. The van der Waals surface area contributed by atoms with Gasteiger partial charge in [0.2, 0.25) is 13.3 Å². The van der Waals surface area contributed by atoms with E-state index in [1.165, 1.54) is 18.7 Å². The molecule has 2 aromatic carbocycles. The second-order valence-electron chi connectivity index (χ2n) is 11.9. The Labute approximate surface area is 253 Å². The van der Waals surface area contributed by atoms with Crippen molar-refractivity contribution in [3.8, 4) is 5.75 Å². The molecule has 1 aromatic heterocycles. The number of ether oxygens (including phenoxy) is 1. The highest BCUT2D eigenvalue weighted by atomic mass is 31.2. The number of benzene rings is 2. The van der Waals surface area contributed by atoms with Crippen LogP contribution in [0.1, 0.15) is 71.1 Å². The number of hydrogen-bond donors (Lipinski definition) is 4. The van der Waals surface area contributed by atoms with Crippen LogP contribution in [0.4, 0.5) is 36.3 Å². The predicted molar refractivity (Wildman–Crippen MR) is 160 cm³/mol. The minimum Gasteiger partial charge on any atom is -0.495 e. The number of aliphatic hydroxyl groups is 1. The molecule has 2 heterocycles. The van der Waals surface area contributed by atoms with E-state index in [9.17, 15) is 32.5 Å². The summed E-state index contributed by atoms with van der Waals surface area (Å²) >= 11 is 0. The molecule has 1 unspecified atom stereocenters. The number of nitrogens with one attached hydrogen (secondary N) is 2. The van der Waals surface area contributed by atoms with Gasteiger partial charge in [0.15, 0.2) is 0 Å². The molecule has 0 bridgehead atoms. The van der Waals surface area contributed by atoms with Crippen LogP contribution in [0.3, 0.4) is 0 Å². The third-order valence-electron chi connectivity index (χ3n) is 8.14. The zero-order valence-corrected chi connectivity index (χ0v) is 25.7. The van der Waals surface area contributed by atoms with Crippen molar-refractivity contribution in [2.75, 3.05) is 31.5 Å². The van der Waals surface area contributed by atoms with E-state index in [-0.39, 0.29) is 35.4 Å². The van der Waals surface area contributed by atoms with Crippen LogP contribution in [0.2, 0.25) is 0 Å². The molecule has 14 heteroatoms. The summed E-state index contributed by atoms with van der Waals surface area (Å²) in [5, 5.41) is 16.0. The number of carbonyl (C=O) groups excluding carboxylic acids is 1. The number of anilines is 4. The molecule has 1 aliphatic heterocycles. The molecule has 1 amide bonds. The van der Waals surface area contributed by atoms with Gasteiger partial charge in [-0.25, -0.2) is 4.98 Å². The van der Waals surface area contributed by atoms with Gasteiger partial charge in [-0.15, -0.1) is 0 Å². The van der Waals surface area contributed by atoms with Crippen LogP contribution in [-0.4, -0.2) is 57.2 Å². The number of alkyl halides is 3. The minimum atomic E-state index is -4.79. The first kappa shape index (κ1) is 31.7. The standard InChI is InChI=1S/C30H35F3N5O5P/c1-29(40)11-9-18(10-12-29)19-6-8-23(25-20(19)15-38(2)27(25)39)35-26-21(30(31,32)33)14-34-28(37-26)36-22-7-5-17(13-24(22)43-3)16-44(4,41)42/h5-8,13-14,18,40H,9-12,15-16H2,1-4H3,(H,41,42)(H2,34,35,36,37)/t18-,29+. The van der Waals surface area contributed by atoms with E-state index in [0.717, 1.165) is 24.0 Å². The maximum atomic E-state index is 14.1. The second kappa shape index (κ2) is 11.7. The lowest BCUT2D eigenvalue weighted by Gasteiger charge is -2.34. The molecular formula is C30H35F3N5O5P. The smallest absolute Gasteiger partial charge is 0.421 e. The number of halogens is 3. The first-order valence-corrected chi connectivity index (χ1v) is 16.4. The predicted octanol–water partition coefficient (Wildman–Crippen LogP) is 6.39. The molecule has 1 fully saturated rings. The number of aromatic nitrogens is 2. The molecule has 0 spiro atoms. The Kier molecular flexibility index (Phi) is 8.43. The second-order valence-corrected chi connectivity index (χ2v) is 14.4. The molecule has 4 N–H and O–H groups in total. The van der Waals surface area contributed by atoms with Crippen molar-refractivity contribution >= 4 is 36.4 Å². The Morgan fingerprint density at radius 1 is 1.16 bits per heavy atom. The van der Waals surface area contributed by atoms with Crippen molar-refractivity contribution < 1.29 is 37.3 Å². The monoisotopic (exact) mass is 633 g/mol. The third-order valence-corrected chi connectivity index (χ3v) is 9.10. The highest BCUT2D eigenvalue weighted by molar-refractivity contribution is 7.56. The highest BCUT2D eigenvalue weighted by Crippen LogP contribution is 2.44. The number of methoxy groups -OCH3 is 1. The van der Waals surface area contributed by atoms with Gasteiger partial charge in [0.25, 0.3) is 5.91 Å². The van der Waals surface area contributed by atoms with Gasteiger partial charge in [-0.05, 0) is 73.4 Å². The van der Waals surface area contributed by atoms with Gasteiger partial charge in [-0.1, -0.05) is 12.1 Å². The van der Waals surface area contributed by atoms with Crippen LogP contribution in [0, 0.1) is 0 Å². The molecule has 1 saturated carbocycles. The Balaban J connectivity index is 1.49. The lowest BCUT2D eigenvalue weighted by atomic mass is 9.75. The Hall–Kier alpha value is -3.67. The average molecular weight is 634 g/mol. The van der Waals surface area contributed by atoms with Crippen molar-refractivity contribution in [2.24, 2.45) is 0 Å². The van der Waals surface area contributed by atoms with E-state index in [2.05, 4.69) is 20.6 Å². The SMILES string of the molecule is COc1cc(CP(C)(=O)O)ccc1Nc1ncc(C(F)(F)F)c(Nc2ccc([C@H]3CC[C@@](C)(O)CC3)c3c2C(=O)N(C)C3)n1. The number of rotatable bonds is 8. The Bertz CT molecular complexity index is 1630. The number of nitrogens with zero attached hydrogens (tertiary/aromatic N) is 3. The number of carbonyl (C=O) groups is 1. The van der Waals surface area contributed by atoms with Crippen LogP contribution >= 0.6 is 7.37 Å². The summed E-state index contributed by atoms with van der Waals surface area (Å²) in [5.41, 5.74) is 1.27. The van der Waals surface area contributed by atoms with E-state index in [4.69, 9.17) is 4.74 Å². The summed E-state index contributed by atoms with van der Waals surface area (Å²) < 4.78 is 59.5. The average Bonchev–Trinajstić information content (AvgIpc) is 3.23. The quantitative estimate of drug-likeness (QED) is 0.208. The molecule has 236 valence electrons. The Morgan fingerprint density at radius 2 is 1.84 bits per heavy atom. The number of hydrogen-bond acceptors (Lipinski definition) is 8. The maximum absolute atomic E-state index is 14.1. The fourth-order valence-electron chi connectivity index (χ4n) is 5.88. The van der Waals surface area contributed by atoms with Crippen LogP contribution in [0.15, 0.2) is 36.5 Å². The van der Waals surface area contributed by atoms with Crippen molar-refractivity contribution in [3.63, 3.8) is 0 Å². The summed E-state index contributed by atoms with van der Waals surface area (Å²) in [5.74, 6) is -0.608. The zero-order chi connectivity index (χ0) is 32.0. The van der Waals surface area contributed by atoms with Gasteiger partial charge < -0.3 is 30.3 Å². The minimum absolute atomic E-state index is 0.0763. The first-order valence-electron chi connectivity index (χ1n) is 14.1. The molecular weight excluding hydrogens is 598 g/mol. The molecule has 2 aliphatic rings. The van der Waals surface area contributed by atoms with Crippen LogP contribution in [-0.2, 0) is 23.4 Å². The van der Waals surface area contributed by atoms with Crippen LogP contribution < -0.4 is 15.4 Å². The van der Waals surface area contributed by atoms with E-state index < -0.39 is 30.5 Å². The molecule has 5 rings (SSSR count). The lowest BCUT2D eigenvalue weighted by molar-refractivity contribution is -0.137. The largest absolute Gasteiger partial charge is 0.495 e. The summed E-state index contributed by atoms with van der Waals surface area (Å²) in [7, 11) is -0.306. The fraction of sp³-hybridized carbons (Fsp3) is 0.433. The van der Waals surface area contributed by atoms with Gasteiger partial charge in [0, 0.05) is 32.6 Å². The lowest BCUT2D eigenvalue weighted by Crippen LogP contribution is -2.29. The van der Waals surface area contributed by atoms with Gasteiger partial charge in [-0.2, -0.15) is 18.2 Å². The molecule has 0 saturated heterocycles. The van der Waals surface area contributed by atoms with Crippen molar-refractivity contribution in [3.05, 3.63) is 64.3 Å².